The van der Waals surface area contributed by atoms with Gasteiger partial charge in [0.1, 0.15) is 29.9 Å². The summed E-state index contributed by atoms with van der Waals surface area (Å²) in [6.45, 7) is 7.76. The molecule has 52 heavy (non-hydrogen) atoms. The molecule has 1 saturated carbocycles. The van der Waals surface area contributed by atoms with Gasteiger partial charge in [-0.05, 0) is 74.6 Å². The van der Waals surface area contributed by atoms with Crippen molar-refractivity contribution in [2.75, 3.05) is 31.6 Å². The summed E-state index contributed by atoms with van der Waals surface area (Å²) in [5.74, 6) is 0.913. The molecule has 278 valence electrons. The minimum absolute atomic E-state index is 0.0191. The lowest BCUT2D eigenvalue weighted by Gasteiger charge is -2.42. The van der Waals surface area contributed by atoms with Crippen molar-refractivity contribution in [1.82, 2.24) is 44.9 Å². The average molecular weight is 726 g/mol. The molecule has 1 aliphatic carbocycles. The van der Waals surface area contributed by atoms with Crippen molar-refractivity contribution >= 4 is 11.6 Å². The molecular weight excluding hydrogens is 683 g/mol. The third-order valence-corrected chi connectivity index (χ3v) is 8.99. The van der Waals surface area contributed by atoms with Crippen LogP contribution >= 0.6 is 0 Å². The van der Waals surface area contributed by atoms with Crippen LogP contribution in [0.15, 0.2) is 43.1 Å². The second-order valence-corrected chi connectivity index (χ2v) is 13.2. The number of anilines is 2. The minimum atomic E-state index is -4.70. The van der Waals surface area contributed by atoms with Gasteiger partial charge in [-0.25, -0.2) is 14.6 Å². The van der Waals surface area contributed by atoms with E-state index in [0.29, 0.717) is 35.2 Å². The topological polar surface area (TPSA) is 163 Å². The zero-order chi connectivity index (χ0) is 36.7. The third-order valence-electron chi connectivity index (χ3n) is 8.99. The van der Waals surface area contributed by atoms with Crippen molar-refractivity contribution in [3.05, 3.63) is 48.7 Å². The molecule has 0 amide bonds. The molecule has 0 bridgehead atoms. The van der Waals surface area contributed by atoms with Crippen LogP contribution < -0.4 is 14.8 Å². The van der Waals surface area contributed by atoms with Gasteiger partial charge in [-0.1, -0.05) is 6.07 Å². The summed E-state index contributed by atoms with van der Waals surface area (Å²) >= 11 is 0. The Morgan fingerprint density at radius 2 is 1.77 bits per heavy atom. The van der Waals surface area contributed by atoms with Crippen LogP contribution in [0.5, 0.6) is 11.6 Å². The molecule has 2 aliphatic rings. The molecule has 0 unspecified atom stereocenters. The Morgan fingerprint density at radius 1 is 1.04 bits per heavy atom. The smallest absolute Gasteiger partial charge is 0.487 e. The molecule has 3 atom stereocenters. The molecule has 15 nitrogen and oxygen atoms in total. The Kier molecular flexibility index (Phi) is 11.8. The first-order valence-corrected chi connectivity index (χ1v) is 17.4. The maximum Gasteiger partial charge on any atom is 0.522 e. The molecule has 1 aliphatic heterocycles. The van der Waals surface area contributed by atoms with Gasteiger partial charge in [-0.15, -0.1) is 23.4 Å². The Morgan fingerprint density at radius 3 is 2.44 bits per heavy atom. The molecule has 4 aromatic rings. The van der Waals surface area contributed by atoms with E-state index in [9.17, 15) is 18.4 Å². The van der Waals surface area contributed by atoms with Crippen LogP contribution in [0.1, 0.15) is 64.5 Å². The first kappa shape index (κ1) is 36.9. The van der Waals surface area contributed by atoms with Gasteiger partial charge in [0.05, 0.1) is 49.8 Å². The van der Waals surface area contributed by atoms with E-state index >= 15 is 0 Å². The number of hydrogen-bond acceptors (Lipinski definition) is 13. The lowest BCUT2D eigenvalue weighted by atomic mass is 9.89. The summed E-state index contributed by atoms with van der Waals surface area (Å²) in [4.78, 5) is 11.5. The predicted octanol–water partition coefficient (Wildman–Crippen LogP) is 5.31. The number of nitrogens with zero attached hydrogens (tertiary/aromatic N) is 10. The molecular formula is C34H42F3N11O4. The zero-order valence-electron chi connectivity index (χ0n) is 29.2. The molecule has 2 fully saturated rings. The van der Waals surface area contributed by atoms with Crippen molar-refractivity contribution in [2.45, 2.75) is 96.2 Å². The van der Waals surface area contributed by atoms with E-state index < -0.39 is 13.0 Å². The van der Waals surface area contributed by atoms with Crippen LogP contribution in [-0.2, 0) is 16.0 Å². The number of morpholine rings is 1. The van der Waals surface area contributed by atoms with Crippen LogP contribution in [0, 0.1) is 11.3 Å². The number of benzene rings is 1. The summed E-state index contributed by atoms with van der Waals surface area (Å²) in [7, 11) is 0. The van der Waals surface area contributed by atoms with Crippen LogP contribution in [0.3, 0.4) is 0 Å². The molecule has 1 saturated heterocycles. The maximum absolute atomic E-state index is 12.5. The molecule has 3 aromatic heterocycles. The average Bonchev–Trinajstić information content (AvgIpc) is 3.77. The summed E-state index contributed by atoms with van der Waals surface area (Å²) < 4.78 is 62.6. The van der Waals surface area contributed by atoms with Crippen molar-refractivity contribution in [1.29, 1.82) is 5.26 Å². The first-order valence-electron chi connectivity index (χ1n) is 17.4. The van der Waals surface area contributed by atoms with E-state index in [1.807, 2.05) is 17.8 Å². The number of tetrazole rings is 1. The van der Waals surface area contributed by atoms with Crippen molar-refractivity contribution in [3.63, 3.8) is 0 Å². The highest BCUT2D eigenvalue weighted by atomic mass is 19.4. The molecule has 4 heterocycles. The quantitative estimate of drug-likeness (QED) is 0.167. The highest BCUT2D eigenvalue weighted by Gasteiger charge is 2.32. The summed E-state index contributed by atoms with van der Waals surface area (Å²) in [6, 6.07) is 7.99. The first-order chi connectivity index (χ1) is 25.0. The number of alkyl halides is 3. The van der Waals surface area contributed by atoms with Gasteiger partial charge in [-0.3, -0.25) is 14.3 Å². The molecule has 0 radical (unpaired) electrons. The van der Waals surface area contributed by atoms with Crippen molar-refractivity contribution < 1.29 is 32.1 Å². The SMILES string of the molecule is C[C@@H]1CN([C@H]2CC[C@H](n3cc(Nc4ncc(-c5ccc(C#N)c(O[C@@H](C)Cn6cnnn6)c5)cn4)c(OCCCOC(F)(F)F)n3)CC2)C[C@H](C)O1. The molecule has 1 N–H and O–H groups in total. The number of ether oxygens (including phenoxy) is 4. The Bertz CT molecular complexity index is 1760. The number of rotatable bonds is 14. The number of hydrogen-bond donors (Lipinski definition) is 1. The van der Waals surface area contributed by atoms with E-state index in [4.69, 9.17) is 19.3 Å². The predicted molar refractivity (Wildman–Crippen MR) is 181 cm³/mol. The Balaban J connectivity index is 1.13. The number of nitriles is 1. The summed E-state index contributed by atoms with van der Waals surface area (Å²) in [5, 5.41) is 28.6. The van der Waals surface area contributed by atoms with Crippen molar-refractivity contribution in [3.8, 4) is 28.8 Å². The van der Waals surface area contributed by atoms with Crippen molar-refractivity contribution in [2.24, 2.45) is 0 Å². The van der Waals surface area contributed by atoms with E-state index in [1.54, 1.807) is 35.3 Å². The second kappa shape index (κ2) is 16.7. The lowest BCUT2D eigenvalue weighted by molar-refractivity contribution is -0.324. The molecule has 18 heteroatoms. The summed E-state index contributed by atoms with van der Waals surface area (Å²) in [5.41, 5.74) is 2.29. The highest BCUT2D eigenvalue weighted by Crippen LogP contribution is 2.36. The third kappa shape index (κ3) is 9.92. The van der Waals surface area contributed by atoms with Gasteiger partial charge >= 0.3 is 6.36 Å². The van der Waals surface area contributed by atoms with Gasteiger partial charge in [0.2, 0.25) is 5.95 Å². The second-order valence-electron chi connectivity index (χ2n) is 13.2. The lowest BCUT2D eigenvalue weighted by Crippen LogP contribution is -2.51. The Labute approximate surface area is 299 Å². The highest BCUT2D eigenvalue weighted by molar-refractivity contribution is 5.67. The largest absolute Gasteiger partial charge is 0.522 e. The fourth-order valence-electron chi connectivity index (χ4n) is 6.71. The number of aromatic nitrogens is 8. The van der Waals surface area contributed by atoms with E-state index in [0.717, 1.165) is 44.3 Å². The fraction of sp³-hybridized carbons (Fsp3) is 0.559. The molecule has 0 spiro atoms. The van der Waals surface area contributed by atoms with Gasteiger partial charge < -0.3 is 19.5 Å². The minimum Gasteiger partial charge on any atom is -0.487 e. The number of halogens is 3. The van der Waals surface area contributed by atoms with Gasteiger partial charge in [-0.2, -0.15) is 5.26 Å². The maximum atomic E-state index is 12.5. The zero-order valence-corrected chi connectivity index (χ0v) is 29.2. The van der Waals surface area contributed by atoms with E-state index in [1.165, 1.54) is 6.33 Å². The van der Waals surface area contributed by atoms with Gasteiger partial charge in [0, 0.05) is 43.5 Å². The standard InChI is InChI=1S/C34H42F3N11O4/c1-22-17-46(18-23(2)51-22)28-7-9-29(10-8-28)48-20-30(32(43-48)49-11-4-12-50-34(35,36)37)42-33-39-15-27(16-40-33)25-5-6-26(14-38)31(13-25)52-24(3)19-47-21-41-44-45-47/h5-6,13,15-16,20-24,28-29H,4,7-12,17-19H2,1-3H3,(H,39,40,42)/t22-,23+,24-,28-,29-/m0/s1. The van der Waals surface area contributed by atoms with E-state index in [-0.39, 0.29) is 49.2 Å². The van der Waals surface area contributed by atoms with Gasteiger partial charge in [0.15, 0.2) is 0 Å². The fourth-order valence-corrected chi connectivity index (χ4v) is 6.71. The number of nitrogens with one attached hydrogen (secondary N) is 1. The Hall–Kier alpha value is -4.86. The molecule has 1 aromatic carbocycles. The molecule has 6 rings (SSSR count). The summed E-state index contributed by atoms with van der Waals surface area (Å²) in [6.07, 6.45) is 5.88. The van der Waals surface area contributed by atoms with Gasteiger partial charge in [0.25, 0.3) is 5.88 Å². The van der Waals surface area contributed by atoms with E-state index in [2.05, 4.69) is 60.4 Å². The van der Waals surface area contributed by atoms with Crippen LogP contribution in [0.4, 0.5) is 24.8 Å². The van der Waals surface area contributed by atoms with Crippen LogP contribution in [0.25, 0.3) is 11.1 Å². The monoisotopic (exact) mass is 725 g/mol. The van der Waals surface area contributed by atoms with Crippen LogP contribution in [-0.4, -0.2) is 102 Å². The normalized spacial score (nSPS) is 21.7. The van der Waals surface area contributed by atoms with Crippen LogP contribution in [0.2, 0.25) is 0 Å².